The van der Waals surface area contributed by atoms with Crippen molar-refractivity contribution in [1.29, 1.82) is 0 Å². The van der Waals surface area contributed by atoms with Crippen LogP contribution in [0.5, 0.6) is 0 Å². The van der Waals surface area contributed by atoms with Crippen molar-refractivity contribution in [1.82, 2.24) is 20.1 Å². The number of hydrogen-bond donors (Lipinski definition) is 0. The molecule has 0 bridgehead atoms. The van der Waals surface area contributed by atoms with Gasteiger partial charge in [-0.1, -0.05) is 17.3 Å². The molecule has 0 amide bonds. The van der Waals surface area contributed by atoms with Crippen LogP contribution in [0.4, 0.5) is 5.82 Å². The normalized spacial score (nSPS) is 14.5. The molecule has 6 nitrogen and oxygen atoms in total. The van der Waals surface area contributed by atoms with Crippen molar-refractivity contribution in [3.63, 3.8) is 0 Å². The minimum atomic E-state index is 0.504. The zero-order valence-corrected chi connectivity index (χ0v) is 14.0. The molecule has 0 saturated heterocycles. The maximum absolute atomic E-state index is 5.30. The Bertz CT molecular complexity index is 1000. The quantitative estimate of drug-likeness (QED) is 0.565. The number of hydrogen-bond acceptors (Lipinski definition) is 7. The lowest BCUT2D eigenvalue weighted by atomic mass is 10.2. The van der Waals surface area contributed by atoms with E-state index in [1.165, 1.54) is 17.5 Å². The third-order valence-electron chi connectivity index (χ3n) is 4.33. The Morgan fingerprint density at radius 3 is 2.96 bits per heavy atom. The summed E-state index contributed by atoms with van der Waals surface area (Å²) in [5, 5.41) is 6.05. The number of aryl methyl sites for hydroxylation is 1. The number of aromatic nitrogens is 4. The highest BCUT2D eigenvalue weighted by Gasteiger charge is 2.33. The fraction of sp³-hybridized carbons (Fsp3) is 0.294. The van der Waals surface area contributed by atoms with E-state index in [1.807, 2.05) is 13.0 Å². The number of benzene rings is 1. The van der Waals surface area contributed by atoms with Crippen molar-refractivity contribution < 1.29 is 4.52 Å². The predicted octanol–water partition coefficient (Wildman–Crippen LogP) is 3.70. The van der Waals surface area contributed by atoms with Crippen LogP contribution in [-0.2, 0) is 6.54 Å². The van der Waals surface area contributed by atoms with Crippen LogP contribution >= 0.6 is 11.3 Å². The van der Waals surface area contributed by atoms with Gasteiger partial charge in [-0.3, -0.25) is 0 Å². The van der Waals surface area contributed by atoms with Gasteiger partial charge in [-0.05, 0) is 31.9 Å². The van der Waals surface area contributed by atoms with E-state index >= 15 is 0 Å². The summed E-state index contributed by atoms with van der Waals surface area (Å²) in [5.74, 6) is 0.903. The summed E-state index contributed by atoms with van der Waals surface area (Å²) in [5.41, 5.74) is 2.44. The van der Waals surface area contributed by atoms with Gasteiger partial charge in [0.15, 0.2) is 0 Å². The Balaban J connectivity index is 1.58. The molecule has 1 fully saturated rings. The van der Waals surface area contributed by atoms with Gasteiger partial charge >= 0.3 is 0 Å². The van der Waals surface area contributed by atoms with Gasteiger partial charge in [0.2, 0.25) is 0 Å². The molecule has 1 saturated carbocycles. The van der Waals surface area contributed by atoms with Gasteiger partial charge in [-0.25, -0.2) is 9.97 Å². The lowest BCUT2D eigenvalue weighted by Gasteiger charge is -2.22. The number of fused-ring (bicyclic) bond motifs is 2. The Morgan fingerprint density at radius 2 is 2.12 bits per heavy atom. The average Bonchev–Trinajstić information content (AvgIpc) is 3.25. The third kappa shape index (κ3) is 2.24. The Hall–Kier alpha value is -2.54. The van der Waals surface area contributed by atoms with Crippen LogP contribution in [0.15, 0.2) is 35.1 Å². The molecule has 4 aromatic rings. The molecular formula is C17H15N5OS. The maximum atomic E-state index is 5.30. The van der Waals surface area contributed by atoms with Crippen LogP contribution in [0, 0.1) is 6.92 Å². The SMILES string of the molecule is Cc1noc2ncnc(N(Cc3nc4ccccc4s3)C3CC3)c12. The number of para-hydroxylation sites is 1. The van der Waals surface area contributed by atoms with E-state index in [-0.39, 0.29) is 0 Å². The fourth-order valence-corrected chi connectivity index (χ4v) is 3.98. The molecule has 0 aliphatic heterocycles. The highest BCUT2D eigenvalue weighted by Crippen LogP contribution is 2.37. The van der Waals surface area contributed by atoms with E-state index in [4.69, 9.17) is 9.51 Å². The molecule has 0 N–H and O–H groups in total. The Kier molecular flexibility index (Phi) is 3.02. The summed E-state index contributed by atoms with van der Waals surface area (Å²) in [6.07, 6.45) is 3.91. The van der Waals surface area contributed by atoms with E-state index < -0.39 is 0 Å². The molecule has 3 heterocycles. The maximum Gasteiger partial charge on any atom is 0.263 e. The summed E-state index contributed by atoms with van der Waals surface area (Å²) in [6.45, 7) is 2.68. The van der Waals surface area contributed by atoms with Crippen LogP contribution in [0.1, 0.15) is 23.5 Å². The highest BCUT2D eigenvalue weighted by molar-refractivity contribution is 7.18. The standard InChI is InChI=1S/C17H15N5OS/c1-10-15-16(18-9-19-17(15)23-21-10)22(11-6-7-11)8-14-20-12-4-2-3-5-13(12)24-14/h2-5,9,11H,6-8H2,1H3. The first-order chi connectivity index (χ1) is 11.8. The predicted molar refractivity (Wildman–Crippen MR) is 93.2 cm³/mol. The second kappa shape index (κ2) is 5.24. The first-order valence-electron chi connectivity index (χ1n) is 7.97. The molecular weight excluding hydrogens is 322 g/mol. The van der Waals surface area contributed by atoms with Crippen molar-refractivity contribution in [2.75, 3.05) is 4.90 Å². The van der Waals surface area contributed by atoms with Crippen LogP contribution in [0.3, 0.4) is 0 Å². The minimum Gasteiger partial charge on any atom is -0.346 e. The summed E-state index contributed by atoms with van der Waals surface area (Å²) >= 11 is 1.74. The fourth-order valence-electron chi connectivity index (χ4n) is 3.02. The zero-order chi connectivity index (χ0) is 16.1. The number of rotatable bonds is 4. The molecule has 1 aliphatic carbocycles. The van der Waals surface area contributed by atoms with Gasteiger partial charge in [0.1, 0.15) is 22.5 Å². The van der Waals surface area contributed by atoms with Crippen molar-refractivity contribution in [3.05, 3.63) is 41.3 Å². The number of thiazole rings is 1. The van der Waals surface area contributed by atoms with E-state index in [0.717, 1.165) is 34.0 Å². The minimum absolute atomic E-state index is 0.504. The number of nitrogens with zero attached hydrogens (tertiary/aromatic N) is 5. The molecule has 5 rings (SSSR count). The summed E-state index contributed by atoms with van der Waals surface area (Å²) in [6, 6.07) is 8.76. The smallest absolute Gasteiger partial charge is 0.263 e. The van der Waals surface area contributed by atoms with E-state index in [0.29, 0.717) is 11.8 Å². The lowest BCUT2D eigenvalue weighted by Crippen LogP contribution is -2.26. The molecule has 0 radical (unpaired) electrons. The molecule has 0 spiro atoms. The second-order valence-corrected chi connectivity index (χ2v) is 7.20. The summed E-state index contributed by atoms with van der Waals surface area (Å²) < 4.78 is 6.52. The summed E-state index contributed by atoms with van der Waals surface area (Å²) in [4.78, 5) is 15.8. The van der Waals surface area contributed by atoms with Crippen molar-refractivity contribution >= 4 is 38.5 Å². The summed E-state index contributed by atoms with van der Waals surface area (Å²) in [7, 11) is 0. The van der Waals surface area contributed by atoms with Gasteiger partial charge < -0.3 is 9.42 Å². The van der Waals surface area contributed by atoms with Crippen molar-refractivity contribution in [2.24, 2.45) is 0 Å². The third-order valence-corrected chi connectivity index (χ3v) is 5.35. The molecule has 7 heteroatoms. The van der Waals surface area contributed by atoms with Crippen LogP contribution in [0.25, 0.3) is 21.3 Å². The van der Waals surface area contributed by atoms with Crippen LogP contribution in [-0.4, -0.2) is 26.2 Å². The molecule has 1 aromatic carbocycles. The van der Waals surface area contributed by atoms with Gasteiger partial charge in [-0.2, -0.15) is 4.98 Å². The van der Waals surface area contributed by atoms with Crippen LogP contribution in [0.2, 0.25) is 0 Å². The van der Waals surface area contributed by atoms with Gasteiger partial charge in [0.25, 0.3) is 5.71 Å². The molecule has 3 aromatic heterocycles. The molecule has 0 unspecified atom stereocenters. The highest BCUT2D eigenvalue weighted by atomic mass is 32.1. The Labute approximate surface area is 142 Å². The topological polar surface area (TPSA) is 67.9 Å². The van der Waals surface area contributed by atoms with Gasteiger partial charge in [0, 0.05) is 6.04 Å². The first-order valence-corrected chi connectivity index (χ1v) is 8.79. The molecule has 1 aliphatic rings. The van der Waals surface area contributed by atoms with Gasteiger partial charge in [0.05, 0.1) is 22.5 Å². The van der Waals surface area contributed by atoms with Crippen LogP contribution < -0.4 is 4.90 Å². The molecule has 24 heavy (non-hydrogen) atoms. The second-order valence-electron chi connectivity index (χ2n) is 6.08. The average molecular weight is 337 g/mol. The number of anilines is 1. The van der Waals surface area contributed by atoms with Crippen molar-refractivity contribution in [2.45, 2.75) is 32.4 Å². The molecule has 0 atom stereocenters. The Morgan fingerprint density at radius 1 is 1.25 bits per heavy atom. The van der Waals surface area contributed by atoms with Crippen molar-refractivity contribution in [3.8, 4) is 0 Å². The van der Waals surface area contributed by atoms with E-state index in [2.05, 4.69) is 38.2 Å². The zero-order valence-electron chi connectivity index (χ0n) is 13.1. The lowest BCUT2D eigenvalue weighted by molar-refractivity contribution is 0.442. The molecule has 120 valence electrons. The van der Waals surface area contributed by atoms with E-state index in [9.17, 15) is 0 Å². The van der Waals surface area contributed by atoms with Gasteiger partial charge in [-0.15, -0.1) is 11.3 Å². The van der Waals surface area contributed by atoms with E-state index in [1.54, 1.807) is 17.7 Å². The first kappa shape index (κ1) is 13.9. The monoisotopic (exact) mass is 337 g/mol. The largest absolute Gasteiger partial charge is 0.346 e.